The smallest absolute Gasteiger partial charge is 0.451 e. The second kappa shape index (κ2) is 13.2. The van der Waals surface area contributed by atoms with Gasteiger partial charge in [0, 0.05) is 36.0 Å². The van der Waals surface area contributed by atoms with Crippen LogP contribution >= 0.6 is 23.4 Å². The van der Waals surface area contributed by atoms with Crippen molar-refractivity contribution in [2.75, 3.05) is 38.0 Å². The molecule has 0 N–H and O–H groups in total. The number of hydrogen-bond acceptors (Lipinski definition) is 8. The number of carbonyl (C=O) groups is 1. The SMILES string of the molecule is C=CCOC(C)=O.C=CCOc1c(OC)cccc1[C@H]1SCC2N(C)N=C(C(F)(F)F)N2c2ccc(Cl)cc21. The third-order valence-corrected chi connectivity index (χ3v) is 7.24. The molecule has 0 fully saturated rings. The number of anilines is 1. The fraction of sp³-hybridized carbons (Fsp3) is 0.333. The first-order chi connectivity index (χ1) is 18.5. The minimum Gasteiger partial charge on any atom is -0.493 e. The van der Waals surface area contributed by atoms with Crippen molar-refractivity contribution in [2.45, 2.75) is 24.5 Å². The van der Waals surface area contributed by atoms with E-state index in [1.165, 1.54) is 34.7 Å². The number of thioether (sulfide) groups is 1. The highest BCUT2D eigenvalue weighted by molar-refractivity contribution is 7.99. The van der Waals surface area contributed by atoms with Crippen molar-refractivity contribution in [3.8, 4) is 11.5 Å². The van der Waals surface area contributed by atoms with Crippen LogP contribution in [0.3, 0.4) is 0 Å². The van der Waals surface area contributed by atoms with E-state index in [4.69, 9.17) is 21.1 Å². The van der Waals surface area contributed by atoms with Gasteiger partial charge in [-0.3, -0.25) is 14.7 Å². The van der Waals surface area contributed by atoms with Crippen LogP contribution in [0.5, 0.6) is 11.5 Å². The minimum absolute atomic E-state index is 0.259. The molecule has 1 unspecified atom stereocenters. The van der Waals surface area contributed by atoms with Crippen LogP contribution in [-0.2, 0) is 9.53 Å². The summed E-state index contributed by atoms with van der Waals surface area (Å²) in [5.74, 6) is 0.226. The molecule has 0 amide bonds. The summed E-state index contributed by atoms with van der Waals surface area (Å²) in [4.78, 5) is 11.2. The first-order valence-corrected chi connectivity index (χ1v) is 13.2. The molecule has 2 heterocycles. The number of rotatable bonds is 7. The zero-order chi connectivity index (χ0) is 28.7. The van der Waals surface area contributed by atoms with Gasteiger partial charge in [-0.15, -0.1) is 11.8 Å². The number of hydrogen-bond donors (Lipinski definition) is 0. The molecule has 0 aliphatic carbocycles. The van der Waals surface area contributed by atoms with Crippen molar-refractivity contribution in [3.63, 3.8) is 0 Å². The van der Waals surface area contributed by atoms with Gasteiger partial charge in [0.2, 0.25) is 5.84 Å². The third-order valence-electron chi connectivity index (χ3n) is 5.67. The molecular formula is C27H29ClF3N3O4S. The standard InChI is InChI=1S/C22H21ClF3N3O2S.C5H8O2/c1-4-10-31-19-14(6-5-7-17(19)30-3)20-15-11-13(23)8-9-16(15)29-18(12-32-20)28(2)27-21(29)22(24,25)26;1-3-4-7-5(2)6/h4-9,11,18,20H,1,10,12H2,2-3H3;3H,1,4H2,2H3/t18?,20-;/m1./s1. The summed E-state index contributed by atoms with van der Waals surface area (Å²) >= 11 is 7.81. The molecule has 2 aliphatic heterocycles. The third kappa shape index (κ3) is 7.02. The summed E-state index contributed by atoms with van der Waals surface area (Å²) in [5, 5.41) is 5.25. The fourth-order valence-electron chi connectivity index (χ4n) is 4.08. The van der Waals surface area contributed by atoms with Crippen LogP contribution in [0.2, 0.25) is 5.02 Å². The summed E-state index contributed by atoms with van der Waals surface area (Å²) < 4.78 is 57.4. The van der Waals surface area contributed by atoms with Crippen molar-refractivity contribution in [3.05, 3.63) is 77.9 Å². The first-order valence-electron chi connectivity index (χ1n) is 11.8. The summed E-state index contributed by atoms with van der Waals surface area (Å²) in [5.41, 5.74) is 1.84. The molecule has 0 aromatic heterocycles. The van der Waals surface area contributed by atoms with Gasteiger partial charge in [0.1, 0.15) is 19.4 Å². The normalized spacial score (nSPS) is 18.0. The van der Waals surface area contributed by atoms with Crippen molar-refractivity contribution < 1.29 is 32.2 Å². The number of carbonyl (C=O) groups excluding carboxylic acids is 1. The molecule has 0 saturated carbocycles. The van der Waals surface area contributed by atoms with E-state index in [0.717, 1.165) is 5.56 Å². The molecule has 12 heteroatoms. The number of nitrogens with zero attached hydrogens (tertiary/aromatic N) is 3. The number of methoxy groups -OCH3 is 1. The topological polar surface area (TPSA) is 63.6 Å². The van der Waals surface area contributed by atoms with Gasteiger partial charge in [-0.1, -0.05) is 49.0 Å². The van der Waals surface area contributed by atoms with E-state index in [1.54, 1.807) is 44.5 Å². The molecule has 0 bridgehead atoms. The minimum atomic E-state index is -4.60. The summed E-state index contributed by atoms with van der Waals surface area (Å²) in [6.07, 6.45) is -2.04. The fourth-order valence-corrected chi connectivity index (χ4v) is 5.72. The number of benzene rings is 2. The Hall–Kier alpha value is -3.31. The Kier molecular flexibility index (Phi) is 10.2. The lowest BCUT2D eigenvalue weighted by Gasteiger charge is -2.29. The molecule has 2 aromatic rings. The molecule has 4 rings (SSSR count). The summed E-state index contributed by atoms with van der Waals surface area (Å²) in [7, 11) is 3.10. The van der Waals surface area contributed by atoms with Crippen molar-refractivity contribution in [1.29, 1.82) is 0 Å². The van der Waals surface area contributed by atoms with E-state index < -0.39 is 18.2 Å². The van der Waals surface area contributed by atoms with Crippen LogP contribution in [-0.4, -0.2) is 62.3 Å². The number of ether oxygens (including phenoxy) is 3. The van der Waals surface area contributed by atoms with E-state index in [9.17, 15) is 18.0 Å². The molecule has 0 radical (unpaired) electrons. The molecule has 7 nitrogen and oxygen atoms in total. The number of alkyl halides is 3. The Morgan fingerprint density at radius 1 is 1.21 bits per heavy atom. The highest BCUT2D eigenvalue weighted by Gasteiger charge is 2.50. The lowest BCUT2D eigenvalue weighted by Crippen LogP contribution is -2.46. The van der Waals surface area contributed by atoms with Crippen molar-refractivity contribution in [1.82, 2.24) is 5.01 Å². The van der Waals surface area contributed by atoms with Crippen LogP contribution in [0.1, 0.15) is 23.3 Å². The first kappa shape index (κ1) is 30.2. The predicted molar refractivity (Wildman–Crippen MR) is 149 cm³/mol. The Morgan fingerprint density at radius 3 is 2.51 bits per heavy atom. The largest absolute Gasteiger partial charge is 0.493 e. The van der Waals surface area contributed by atoms with E-state index in [2.05, 4.69) is 23.0 Å². The van der Waals surface area contributed by atoms with Gasteiger partial charge in [-0.2, -0.15) is 18.3 Å². The van der Waals surface area contributed by atoms with Gasteiger partial charge in [0.05, 0.1) is 12.4 Å². The number of para-hydroxylation sites is 1. The number of amidine groups is 1. The van der Waals surface area contributed by atoms with Gasteiger partial charge < -0.3 is 14.2 Å². The maximum absolute atomic E-state index is 13.9. The predicted octanol–water partition coefficient (Wildman–Crippen LogP) is 6.44. The molecule has 0 spiro atoms. The second-order valence-electron chi connectivity index (χ2n) is 8.33. The van der Waals surface area contributed by atoms with Crippen LogP contribution < -0.4 is 14.4 Å². The van der Waals surface area contributed by atoms with E-state index in [0.29, 0.717) is 40.1 Å². The van der Waals surface area contributed by atoms with Crippen LogP contribution in [0.15, 0.2) is 66.8 Å². The Morgan fingerprint density at radius 2 is 1.92 bits per heavy atom. The van der Waals surface area contributed by atoms with Gasteiger partial charge in [0.25, 0.3) is 0 Å². The number of esters is 1. The second-order valence-corrected chi connectivity index (χ2v) is 9.91. The maximum atomic E-state index is 13.9. The monoisotopic (exact) mass is 583 g/mol. The van der Waals surface area contributed by atoms with E-state index in [-0.39, 0.29) is 17.8 Å². The number of hydrazone groups is 1. The lowest BCUT2D eigenvalue weighted by atomic mass is 10.00. The van der Waals surface area contributed by atoms with Gasteiger partial charge >= 0.3 is 12.1 Å². The van der Waals surface area contributed by atoms with Gasteiger partial charge in [-0.25, -0.2) is 0 Å². The lowest BCUT2D eigenvalue weighted by molar-refractivity contribution is -0.139. The molecule has 2 aliphatic rings. The Bertz CT molecular complexity index is 1240. The van der Waals surface area contributed by atoms with Crippen molar-refractivity contribution >= 4 is 40.9 Å². The van der Waals surface area contributed by atoms with Gasteiger partial charge in [-0.05, 0) is 29.8 Å². The highest BCUT2D eigenvalue weighted by atomic mass is 35.5. The average molecular weight is 584 g/mol. The molecule has 210 valence electrons. The molecule has 0 saturated heterocycles. The van der Waals surface area contributed by atoms with Crippen molar-refractivity contribution in [2.24, 2.45) is 5.10 Å². The zero-order valence-corrected chi connectivity index (χ0v) is 23.3. The average Bonchev–Trinajstić information content (AvgIpc) is 3.14. The van der Waals surface area contributed by atoms with E-state index >= 15 is 0 Å². The summed E-state index contributed by atoms with van der Waals surface area (Å²) in [6, 6.07) is 10.4. The van der Waals surface area contributed by atoms with Crippen LogP contribution in [0.4, 0.5) is 18.9 Å². The summed E-state index contributed by atoms with van der Waals surface area (Å²) in [6.45, 7) is 8.99. The Labute approximate surface area is 234 Å². The molecule has 2 aromatic carbocycles. The molecule has 39 heavy (non-hydrogen) atoms. The molecule has 2 atom stereocenters. The van der Waals surface area contributed by atoms with E-state index in [1.807, 2.05) is 12.1 Å². The highest BCUT2D eigenvalue weighted by Crippen LogP contribution is 2.51. The number of halogens is 4. The maximum Gasteiger partial charge on any atom is 0.451 e. The van der Waals surface area contributed by atoms with Crippen LogP contribution in [0.25, 0.3) is 0 Å². The zero-order valence-electron chi connectivity index (χ0n) is 21.7. The molecular weight excluding hydrogens is 555 g/mol. The van der Waals surface area contributed by atoms with Gasteiger partial charge in [0.15, 0.2) is 11.5 Å². The quantitative estimate of drug-likeness (QED) is 0.275. The Balaban J connectivity index is 0.000000532. The van der Waals surface area contributed by atoms with Crippen LogP contribution in [0, 0.1) is 0 Å². The number of fused-ring (bicyclic) bond motifs is 3.